The molecule has 0 atom stereocenters. The maximum atomic E-state index is 12.7. The normalized spacial score (nSPS) is 10.7. The number of carbonyl (C=O) groups is 1. The molecular weight excluding hydrogens is 315 g/mol. The van der Waals surface area contributed by atoms with Gasteiger partial charge in [-0.15, -0.1) is 11.6 Å². The van der Waals surface area contributed by atoms with E-state index in [1.165, 1.54) is 18.2 Å². The van der Waals surface area contributed by atoms with Gasteiger partial charge in [0.2, 0.25) is 0 Å². The fraction of sp³-hybridized carbons (Fsp3) is 0.500. The Balaban J connectivity index is 3.23. The standard InChI is InChI=1S/C14H18Cl2N2O3/c1-3-11(4-2)17(8-7-15)14(19)12-6-5-10(16)9-13(12)18(20)21/h5-6,9,11H,3-4,7-8H2,1-2H3. The van der Waals surface area contributed by atoms with Gasteiger partial charge in [0.15, 0.2) is 0 Å². The fourth-order valence-corrected chi connectivity index (χ4v) is 2.61. The van der Waals surface area contributed by atoms with Crippen LogP contribution in [0.3, 0.4) is 0 Å². The fourth-order valence-electron chi connectivity index (χ4n) is 2.26. The van der Waals surface area contributed by atoms with Crippen molar-refractivity contribution in [3.63, 3.8) is 0 Å². The first-order valence-corrected chi connectivity index (χ1v) is 7.68. The molecule has 0 saturated heterocycles. The monoisotopic (exact) mass is 332 g/mol. The third-order valence-corrected chi connectivity index (χ3v) is 3.76. The van der Waals surface area contributed by atoms with E-state index >= 15 is 0 Å². The zero-order valence-corrected chi connectivity index (χ0v) is 13.5. The van der Waals surface area contributed by atoms with Crippen LogP contribution in [-0.4, -0.2) is 34.2 Å². The summed E-state index contributed by atoms with van der Waals surface area (Å²) in [4.78, 5) is 24.8. The zero-order valence-electron chi connectivity index (χ0n) is 12.0. The second-order valence-electron chi connectivity index (χ2n) is 4.58. The quantitative estimate of drug-likeness (QED) is 0.428. The summed E-state index contributed by atoms with van der Waals surface area (Å²) in [6.07, 6.45) is 1.53. The zero-order chi connectivity index (χ0) is 16.0. The van der Waals surface area contributed by atoms with E-state index in [-0.39, 0.29) is 34.1 Å². The molecule has 1 amide bonds. The molecule has 1 aromatic carbocycles. The molecule has 0 fully saturated rings. The van der Waals surface area contributed by atoms with Crippen LogP contribution in [0.4, 0.5) is 5.69 Å². The number of rotatable bonds is 7. The number of hydrogen-bond acceptors (Lipinski definition) is 3. The molecule has 1 rings (SSSR count). The first-order valence-electron chi connectivity index (χ1n) is 6.77. The number of amides is 1. The lowest BCUT2D eigenvalue weighted by molar-refractivity contribution is -0.385. The average Bonchev–Trinajstić information content (AvgIpc) is 2.46. The summed E-state index contributed by atoms with van der Waals surface area (Å²) < 4.78 is 0. The number of hydrogen-bond donors (Lipinski definition) is 0. The van der Waals surface area contributed by atoms with Crippen molar-refractivity contribution < 1.29 is 9.72 Å². The highest BCUT2D eigenvalue weighted by Crippen LogP contribution is 2.26. The molecule has 0 N–H and O–H groups in total. The molecule has 0 heterocycles. The van der Waals surface area contributed by atoms with Crippen molar-refractivity contribution in [1.29, 1.82) is 0 Å². The van der Waals surface area contributed by atoms with Crippen LogP contribution in [0.5, 0.6) is 0 Å². The maximum Gasteiger partial charge on any atom is 0.283 e. The Morgan fingerprint density at radius 3 is 2.48 bits per heavy atom. The van der Waals surface area contributed by atoms with Crippen LogP contribution in [0.2, 0.25) is 5.02 Å². The van der Waals surface area contributed by atoms with Gasteiger partial charge in [0.1, 0.15) is 5.56 Å². The largest absolute Gasteiger partial charge is 0.334 e. The smallest absolute Gasteiger partial charge is 0.283 e. The van der Waals surface area contributed by atoms with Crippen molar-refractivity contribution in [2.45, 2.75) is 32.7 Å². The second-order valence-corrected chi connectivity index (χ2v) is 5.39. The van der Waals surface area contributed by atoms with Crippen LogP contribution in [0.15, 0.2) is 18.2 Å². The van der Waals surface area contributed by atoms with E-state index in [0.29, 0.717) is 6.54 Å². The molecule has 0 saturated carbocycles. The van der Waals surface area contributed by atoms with Crippen LogP contribution in [-0.2, 0) is 0 Å². The van der Waals surface area contributed by atoms with Crippen LogP contribution >= 0.6 is 23.2 Å². The van der Waals surface area contributed by atoms with Gasteiger partial charge in [-0.2, -0.15) is 0 Å². The lowest BCUT2D eigenvalue weighted by Crippen LogP contribution is -2.41. The Kier molecular flexibility index (Phi) is 6.92. The van der Waals surface area contributed by atoms with Crippen molar-refractivity contribution in [2.75, 3.05) is 12.4 Å². The van der Waals surface area contributed by atoms with Crippen molar-refractivity contribution in [3.8, 4) is 0 Å². The highest BCUT2D eigenvalue weighted by molar-refractivity contribution is 6.31. The van der Waals surface area contributed by atoms with E-state index in [0.717, 1.165) is 12.8 Å². The van der Waals surface area contributed by atoms with E-state index in [1.54, 1.807) is 4.90 Å². The van der Waals surface area contributed by atoms with E-state index in [4.69, 9.17) is 23.2 Å². The number of halogens is 2. The van der Waals surface area contributed by atoms with Gasteiger partial charge < -0.3 is 4.90 Å². The van der Waals surface area contributed by atoms with Crippen molar-refractivity contribution in [2.24, 2.45) is 0 Å². The molecule has 0 aliphatic rings. The number of alkyl halides is 1. The Morgan fingerprint density at radius 2 is 2.00 bits per heavy atom. The van der Waals surface area contributed by atoms with E-state index < -0.39 is 4.92 Å². The molecule has 0 radical (unpaired) electrons. The predicted molar refractivity (Wildman–Crippen MR) is 84.2 cm³/mol. The highest BCUT2D eigenvalue weighted by atomic mass is 35.5. The molecule has 0 aromatic heterocycles. The van der Waals surface area contributed by atoms with Gasteiger partial charge in [-0.3, -0.25) is 14.9 Å². The van der Waals surface area contributed by atoms with Gasteiger partial charge in [-0.1, -0.05) is 25.4 Å². The topological polar surface area (TPSA) is 63.5 Å². The summed E-state index contributed by atoms with van der Waals surface area (Å²) in [7, 11) is 0. The van der Waals surface area contributed by atoms with Crippen LogP contribution in [0.1, 0.15) is 37.0 Å². The average molecular weight is 333 g/mol. The third-order valence-electron chi connectivity index (χ3n) is 3.36. The maximum absolute atomic E-state index is 12.7. The summed E-state index contributed by atoms with van der Waals surface area (Å²) in [5.74, 6) is -0.100. The molecular formula is C14H18Cl2N2O3. The molecule has 116 valence electrons. The Labute approximate surface area is 134 Å². The second kappa shape index (κ2) is 8.20. The van der Waals surface area contributed by atoms with Crippen LogP contribution in [0, 0.1) is 10.1 Å². The van der Waals surface area contributed by atoms with Crippen LogP contribution in [0.25, 0.3) is 0 Å². The van der Waals surface area contributed by atoms with Crippen molar-refractivity contribution in [3.05, 3.63) is 38.9 Å². The molecule has 7 heteroatoms. The number of benzene rings is 1. The summed E-state index contributed by atoms with van der Waals surface area (Å²) >= 11 is 11.5. The summed E-state index contributed by atoms with van der Waals surface area (Å²) in [5, 5.41) is 11.3. The van der Waals surface area contributed by atoms with Crippen molar-refractivity contribution >= 4 is 34.8 Å². The molecule has 0 unspecified atom stereocenters. The summed E-state index contributed by atoms with van der Waals surface area (Å²) in [6, 6.07) is 4.08. The number of nitro groups is 1. The third kappa shape index (κ3) is 4.32. The highest BCUT2D eigenvalue weighted by Gasteiger charge is 2.28. The van der Waals surface area contributed by atoms with Gasteiger partial charge in [-0.25, -0.2) is 0 Å². The van der Waals surface area contributed by atoms with E-state index in [2.05, 4.69) is 0 Å². The minimum Gasteiger partial charge on any atom is -0.334 e. The Hall–Kier alpha value is -1.33. The molecule has 21 heavy (non-hydrogen) atoms. The number of carbonyl (C=O) groups excluding carboxylic acids is 1. The summed E-state index contributed by atoms with van der Waals surface area (Å²) in [5.41, 5.74) is -0.237. The van der Waals surface area contributed by atoms with Crippen molar-refractivity contribution in [1.82, 2.24) is 4.90 Å². The lowest BCUT2D eigenvalue weighted by Gasteiger charge is -2.30. The van der Waals surface area contributed by atoms with E-state index in [1.807, 2.05) is 13.8 Å². The number of nitrogens with zero attached hydrogens (tertiary/aromatic N) is 2. The summed E-state index contributed by atoms with van der Waals surface area (Å²) in [6.45, 7) is 4.30. The van der Waals surface area contributed by atoms with Gasteiger partial charge >= 0.3 is 0 Å². The SMILES string of the molecule is CCC(CC)N(CCCl)C(=O)c1ccc(Cl)cc1[N+](=O)[O-]. The molecule has 5 nitrogen and oxygen atoms in total. The lowest BCUT2D eigenvalue weighted by atomic mass is 10.1. The Morgan fingerprint density at radius 1 is 1.38 bits per heavy atom. The molecule has 0 spiro atoms. The van der Waals surface area contributed by atoms with Gasteiger partial charge in [-0.05, 0) is 25.0 Å². The van der Waals surface area contributed by atoms with Gasteiger partial charge in [0.25, 0.3) is 11.6 Å². The van der Waals surface area contributed by atoms with Gasteiger partial charge in [0, 0.05) is 29.6 Å². The van der Waals surface area contributed by atoms with Crippen LogP contribution < -0.4 is 0 Å². The molecule has 0 aliphatic heterocycles. The van der Waals surface area contributed by atoms with Gasteiger partial charge in [0.05, 0.1) is 4.92 Å². The first-order chi connectivity index (χ1) is 9.96. The Bertz CT molecular complexity index is 519. The van der Waals surface area contributed by atoms with E-state index in [9.17, 15) is 14.9 Å². The molecule has 0 bridgehead atoms. The molecule has 0 aliphatic carbocycles. The number of nitro benzene ring substituents is 1. The minimum atomic E-state index is -0.592. The predicted octanol–water partition coefficient (Wildman–Crippen LogP) is 4.12. The first kappa shape index (κ1) is 17.7. The minimum absolute atomic E-state index is 0.00605. The molecule has 1 aromatic rings.